The van der Waals surface area contributed by atoms with Gasteiger partial charge in [0.2, 0.25) is 0 Å². The zero-order chi connectivity index (χ0) is 16.7. The number of carbonyl (C=O) groups excluding carboxylic acids is 1. The fraction of sp³-hybridized carbons (Fsp3) is 0.167. The Morgan fingerprint density at radius 3 is 2.75 bits per heavy atom. The first-order valence-electron chi connectivity index (χ1n) is 7.80. The van der Waals surface area contributed by atoms with Crippen molar-refractivity contribution in [1.29, 1.82) is 0 Å². The molecule has 5 nitrogen and oxygen atoms in total. The van der Waals surface area contributed by atoms with Crippen LogP contribution in [0.4, 0.5) is 5.69 Å². The maximum atomic E-state index is 12.5. The highest BCUT2D eigenvalue weighted by Gasteiger charge is 2.13. The molecule has 1 aromatic heterocycles. The van der Waals surface area contributed by atoms with Crippen LogP contribution < -0.4 is 10.9 Å². The summed E-state index contributed by atoms with van der Waals surface area (Å²) in [6.45, 7) is 0. The molecular formula is C18H15N3O2S. The highest BCUT2D eigenvalue weighted by molar-refractivity contribution is 7.71. The molecule has 120 valence electrons. The maximum Gasteiger partial charge on any atom is 0.259 e. The molecule has 0 radical (unpaired) electrons. The zero-order valence-electron chi connectivity index (χ0n) is 12.8. The summed E-state index contributed by atoms with van der Waals surface area (Å²) < 4.78 is 0.240. The van der Waals surface area contributed by atoms with Gasteiger partial charge >= 0.3 is 0 Å². The van der Waals surface area contributed by atoms with Crippen LogP contribution in [0.15, 0.2) is 41.2 Å². The lowest BCUT2D eigenvalue weighted by Crippen LogP contribution is -2.13. The third kappa shape index (κ3) is 2.65. The van der Waals surface area contributed by atoms with Crippen molar-refractivity contribution >= 4 is 34.7 Å². The van der Waals surface area contributed by atoms with Crippen LogP contribution >= 0.6 is 12.2 Å². The van der Waals surface area contributed by atoms with Gasteiger partial charge in [0.05, 0.1) is 10.9 Å². The van der Waals surface area contributed by atoms with E-state index in [-0.39, 0.29) is 16.2 Å². The number of aryl methyl sites for hydroxylation is 2. The van der Waals surface area contributed by atoms with Crippen LogP contribution in [0.5, 0.6) is 0 Å². The summed E-state index contributed by atoms with van der Waals surface area (Å²) in [7, 11) is 0. The third-order valence-corrected chi connectivity index (χ3v) is 4.56. The molecule has 0 aliphatic heterocycles. The molecule has 24 heavy (non-hydrogen) atoms. The number of rotatable bonds is 2. The largest absolute Gasteiger partial charge is 0.332 e. The average molecular weight is 337 g/mol. The number of anilines is 1. The van der Waals surface area contributed by atoms with Crippen LogP contribution in [0.1, 0.15) is 27.9 Å². The second-order valence-electron chi connectivity index (χ2n) is 5.96. The monoisotopic (exact) mass is 337 g/mol. The molecule has 1 aliphatic rings. The highest BCUT2D eigenvalue weighted by atomic mass is 32.1. The average Bonchev–Trinajstić information content (AvgIpc) is 3.01. The van der Waals surface area contributed by atoms with Gasteiger partial charge in [0.15, 0.2) is 4.77 Å². The van der Waals surface area contributed by atoms with Gasteiger partial charge < -0.3 is 10.3 Å². The summed E-state index contributed by atoms with van der Waals surface area (Å²) in [4.78, 5) is 29.8. The Bertz CT molecular complexity index is 1080. The molecule has 0 fully saturated rings. The number of H-pyrrole nitrogens is 2. The van der Waals surface area contributed by atoms with Gasteiger partial charge in [-0.1, -0.05) is 6.07 Å². The van der Waals surface area contributed by atoms with Crippen molar-refractivity contribution in [3.8, 4) is 0 Å². The predicted molar refractivity (Wildman–Crippen MR) is 96.2 cm³/mol. The van der Waals surface area contributed by atoms with E-state index in [1.165, 1.54) is 17.5 Å². The minimum absolute atomic E-state index is 0.213. The van der Waals surface area contributed by atoms with Crippen molar-refractivity contribution in [3.63, 3.8) is 0 Å². The molecule has 0 spiro atoms. The SMILES string of the molecule is O=C(Nc1ccc2c(c1)CCC2)c1ccc2c(=O)[nH]c(=S)[nH]c2c1. The molecule has 0 saturated heterocycles. The Morgan fingerprint density at radius 2 is 1.88 bits per heavy atom. The summed E-state index contributed by atoms with van der Waals surface area (Å²) in [5, 5.41) is 3.39. The minimum atomic E-state index is -0.265. The van der Waals surface area contributed by atoms with Crippen LogP contribution in [0.25, 0.3) is 10.9 Å². The maximum absolute atomic E-state index is 12.5. The molecular weight excluding hydrogens is 322 g/mol. The van der Waals surface area contributed by atoms with Gasteiger partial charge in [0, 0.05) is 11.3 Å². The van der Waals surface area contributed by atoms with Crippen molar-refractivity contribution in [2.45, 2.75) is 19.3 Å². The summed E-state index contributed by atoms with van der Waals surface area (Å²) in [6.07, 6.45) is 3.35. The van der Waals surface area contributed by atoms with E-state index in [9.17, 15) is 9.59 Å². The van der Waals surface area contributed by atoms with Crippen LogP contribution in [0.3, 0.4) is 0 Å². The Labute approximate surface area is 142 Å². The standard InChI is InChI=1S/C18H15N3O2S/c22-16(19-13-6-4-10-2-1-3-11(10)8-13)12-5-7-14-15(9-12)20-18(24)21-17(14)23/h4-9H,1-3H2,(H,19,22)(H2,20,21,23,24). The van der Waals surface area contributed by atoms with Crippen molar-refractivity contribution in [1.82, 2.24) is 9.97 Å². The van der Waals surface area contributed by atoms with Gasteiger partial charge in [0.25, 0.3) is 11.5 Å². The molecule has 0 unspecified atom stereocenters. The number of hydrogen-bond donors (Lipinski definition) is 3. The summed E-state index contributed by atoms with van der Waals surface area (Å²) >= 11 is 4.97. The molecule has 1 aliphatic carbocycles. The fourth-order valence-electron chi connectivity index (χ4n) is 3.16. The summed E-state index contributed by atoms with van der Waals surface area (Å²) in [5.74, 6) is -0.213. The number of hydrogen-bond acceptors (Lipinski definition) is 3. The van der Waals surface area contributed by atoms with Crippen molar-refractivity contribution in [3.05, 3.63) is 68.2 Å². The number of benzene rings is 2. The van der Waals surface area contributed by atoms with Gasteiger partial charge in [-0.2, -0.15) is 0 Å². The van der Waals surface area contributed by atoms with E-state index in [1.807, 2.05) is 12.1 Å². The summed E-state index contributed by atoms with van der Waals surface area (Å²) in [5.41, 5.74) is 4.22. The number of nitrogens with one attached hydrogen (secondary N) is 3. The van der Waals surface area contributed by atoms with E-state index < -0.39 is 0 Å². The number of amides is 1. The van der Waals surface area contributed by atoms with E-state index in [2.05, 4.69) is 21.4 Å². The first kappa shape index (κ1) is 14.8. The minimum Gasteiger partial charge on any atom is -0.332 e. The second kappa shape index (κ2) is 5.72. The Balaban J connectivity index is 1.66. The van der Waals surface area contributed by atoms with Crippen LogP contribution in [-0.2, 0) is 12.8 Å². The van der Waals surface area contributed by atoms with E-state index in [1.54, 1.807) is 18.2 Å². The quantitative estimate of drug-likeness (QED) is 0.628. The molecule has 0 atom stereocenters. The topological polar surface area (TPSA) is 77.8 Å². The van der Waals surface area contributed by atoms with Gasteiger partial charge in [-0.3, -0.25) is 14.6 Å². The molecule has 3 N–H and O–H groups in total. The lowest BCUT2D eigenvalue weighted by atomic mass is 10.1. The number of aromatic amines is 2. The first-order chi connectivity index (χ1) is 11.6. The molecule has 4 rings (SSSR count). The van der Waals surface area contributed by atoms with Crippen molar-refractivity contribution in [2.24, 2.45) is 0 Å². The van der Waals surface area contributed by atoms with Crippen LogP contribution in [0, 0.1) is 4.77 Å². The molecule has 2 aromatic carbocycles. The molecule has 6 heteroatoms. The molecule has 3 aromatic rings. The van der Waals surface area contributed by atoms with Crippen LogP contribution in [0.2, 0.25) is 0 Å². The number of aromatic nitrogens is 2. The van der Waals surface area contributed by atoms with E-state index >= 15 is 0 Å². The Morgan fingerprint density at radius 1 is 1.04 bits per heavy atom. The predicted octanol–water partition coefficient (Wildman–Crippen LogP) is 3.33. The zero-order valence-corrected chi connectivity index (χ0v) is 13.6. The Kier molecular flexibility index (Phi) is 3.54. The number of carbonyl (C=O) groups is 1. The van der Waals surface area contributed by atoms with E-state index in [0.29, 0.717) is 16.5 Å². The molecule has 0 saturated carbocycles. The lowest BCUT2D eigenvalue weighted by molar-refractivity contribution is 0.102. The molecule has 1 amide bonds. The van der Waals surface area contributed by atoms with Gasteiger partial charge in [-0.15, -0.1) is 0 Å². The highest BCUT2D eigenvalue weighted by Crippen LogP contribution is 2.25. The summed E-state index contributed by atoms with van der Waals surface area (Å²) in [6, 6.07) is 11.0. The fourth-order valence-corrected chi connectivity index (χ4v) is 3.37. The second-order valence-corrected chi connectivity index (χ2v) is 6.37. The molecule has 0 bridgehead atoms. The van der Waals surface area contributed by atoms with E-state index in [4.69, 9.17) is 12.2 Å². The third-order valence-electron chi connectivity index (χ3n) is 4.36. The van der Waals surface area contributed by atoms with Gasteiger partial charge in [0.1, 0.15) is 0 Å². The van der Waals surface area contributed by atoms with Crippen molar-refractivity contribution in [2.75, 3.05) is 5.32 Å². The Hall–Kier alpha value is -2.73. The van der Waals surface area contributed by atoms with Crippen LogP contribution in [-0.4, -0.2) is 15.9 Å². The van der Waals surface area contributed by atoms with E-state index in [0.717, 1.165) is 18.5 Å². The molecule has 1 heterocycles. The van der Waals surface area contributed by atoms with Gasteiger partial charge in [-0.05, 0) is 72.9 Å². The first-order valence-corrected chi connectivity index (χ1v) is 8.20. The van der Waals surface area contributed by atoms with Crippen molar-refractivity contribution < 1.29 is 4.79 Å². The lowest BCUT2D eigenvalue weighted by Gasteiger charge is -2.08. The smallest absolute Gasteiger partial charge is 0.259 e. The number of fused-ring (bicyclic) bond motifs is 2. The van der Waals surface area contributed by atoms with Gasteiger partial charge in [-0.25, -0.2) is 0 Å². The normalized spacial score (nSPS) is 13.0.